The molecule has 2 aromatic carbocycles. The first-order chi connectivity index (χ1) is 14.0. The molecule has 0 saturated carbocycles. The van der Waals surface area contributed by atoms with Crippen LogP contribution in [0, 0.1) is 18.8 Å². The van der Waals surface area contributed by atoms with Crippen molar-refractivity contribution in [3.05, 3.63) is 59.7 Å². The fraction of sp³-hybridized carbons (Fsp3) is 0.348. The van der Waals surface area contributed by atoms with E-state index in [9.17, 15) is 14.4 Å². The van der Waals surface area contributed by atoms with Crippen LogP contribution >= 0.6 is 0 Å². The first kappa shape index (κ1) is 16.9. The highest BCUT2D eigenvalue weighted by atomic mass is 16.2. The number of nitrogens with one attached hydrogen (secondary N) is 2. The minimum atomic E-state index is -1.01. The Morgan fingerprint density at radius 2 is 1.86 bits per heavy atom. The Hall–Kier alpha value is -2.99. The lowest BCUT2D eigenvalue weighted by atomic mass is 9.75. The number of rotatable bonds is 1. The third kappa shape index (κ3) is 1.88. The fourth-order valence-corrected chi connectivity index (χ4v) is 6.41. The van der Waals surface area contributed by atoms with Crippen molar-refractivity contribution >= 4 is 29.1 Å². The van der Waals surface area contributed by atoms with E-state index in [0.29, 0.717) is 5.69 Å². The summed E-state index contributed by atoms with van der Waals surface area (Å²) in [5.74, 6) is -1.63. The van der Waals surface area contributed by atoms with Gasteiger partial charge in [-0.1, -0.05) is 29.8 Å². The molecule has 3 saturated heterocycles. The summed E-state index contributed by atoms with van der Waals surface area (Å²) in [6.07, 6.45) is 1.83. The largest absolute Gasteiger partial charge is 0.320 e. The molecule has 6 heteroatoms. The monoisotopic (exact) mass is 388 g/mol. The van der Waals surface area contributed by atoms with E-state index < -0.39 is 17.4 Å². The molecule has 0 aromatic heterocycles. The Labute approximate surface area is 168 Å². The van der Waals surface area contributed by atoms with Crippen LogP contribution in [0.3, 0.4) is 0 Å². The van der Waals surface area contributed by atoms with Gasteiger partial charge in [0.2, 0.25) is 17.4 Å². The number of carbonyl (C=O) groups excluding carboxylic acids is 3. The predicted octanol–water partition coefficient (Wildman–Crippen LogP) is 1.01. The maximum absolute atomic E-state index is 13.7. The molecular weight excluding hydrogens is 366 g/mol. The highest BCUT2D eigenvalue weighted by Crippen LogP contribution is 2.52. The van der Waals surface area contributed by atoms with E-state index in [1.807, 2.05) is 43.3 Å². The van der Waals surface area contributed by atoms with Gasteiger partial charge in [0.25, 0.3) is 5.91 Å². The Balaban J connectivity index is 1.58. The molecule has 3 fully saturated rings. The zero-order valence-electron chi connectivity index (χ0n) is 16.1. The van der Waals surface area contributed by atoms with Gasteiger partial charge in [-0.05, 0) is 31.2 Å². The summed E-state index contributed by atoms with van der Waals surface area (Å²) in [7, 11) is 0. The van der Waals surface area contributed by atoms with Crippen molar-refractivity contribution in [3.63, 3.8) is 0 Å². The molecule has 2 N–H and O–H groups in total. The number of para-hydroxylation sites is 1. The fourth-order valence-electron chi connectivity index (χ4n) is 6.41. The van der Waals surface area contributed by atoms with Crippen LogP contribution in [-0.4, -0.2) is 30.3 Å². The second-order valence-corrected chi connectivity index (χ2v) is 8.69. The van der Waals surface area contributed by atoms with Crippen molar-refractivity contribution in [1.29, 1.82) is 0 Å². The number of quaternary nitrogens is 1. The number of nitrogens with zero attached hydrogens (tertiary/aromatic N) is 1. The minimum absolute atomic E-state index is 0.00220. The first-order valence-corrected chi connectivity index (χ1v) is 10.3. The van der Waals surface area contributed by atoms with Crippen LogP contribution in [-0.2, 0) is 19.9 Å². The first-order valence-electron chi connectivity index (χ1n) is 10.3. The number of imide groups is 1. The zero-order chi connectivity index (χ0) is 19.9. The molecule has 0 aliphatic carbocycles. The summed E-state index contributed by atoms with van der Waals surface area (Å²) >= 11 is 0. The van der Waals surface area contributed by atoms with Gasteiger partial charge in [-0.15, -0.1) is 0 Å². The highest BCUT2D eigenvalue weighted by molar-refractivity contribution is 6.25. The number of carbonyl (C=O) groups is 3. The molecule has 6 rings (SSSR count). The van der Waals surface area contributed by atoms with Crippen LogP contribution < -0.4 is 15.1 Å². The summed E-state index contributed by atoms with van der Waals surface area (Å²) in [6.45, 7) is 2.81. The minimum Gasteiger partial charge on any atom is -0.320 e. The molecule has 0 radical (unpaired) electrons. The number of fused-ring (bicyclic) bond motifs is 7. The molecule has 4 heterocycles. The second-order valence-electron chi connectivity index (χ2n) is 8.69. The normalized spacial score (nSPS) is 34.5. The third-order valence-electron chi connectivity index (χ3n) is 7.39. The average Bonchev–Trinajstić information content (AvgIpc) is 3.41. The average molecular weight is 388 g/mol. The van der Waals surface area contributed by atoms with Crippen molar-refractivity contribution in [3.8, 4) is 0 Å². The number of hydrogen-bond donors (Lipinski definition) is 2. The SMILES string of the molecule is Cc1ccc2c(c1)[C@]1(C(=O)N2)[C@@H]2C(=O)N(c3ccccc3)C(=O)[C@@H]2[C@@H]2CCC[NH+]21. The van der Waals surface area contributed by atoms with E-state index >= 15 is 0 Å². The van der Waals surface area contributed by atoms with Gasteiger partial charge in [-0.3, -0.25) is 14.4 Å². The number of hydrogen-bond acceptors (Lipinski definition) is 3. The van der Waals surface area contributed by atoms with E-state index in [1.165, 1.54) is 4.90 Å². The zero-order valence-corrected chi connectivity index (χ0v) is 16.1. The Morgan fingerprint density at radius 3 is 2.66 bits per heavy atom. The standard InChI is InChI=1S/C23H21N3O3/c1-13-9-10-16-15(12-13)23(22(29)24-16)19-18(17-8-5-11-25(17)23)20(27)26(21(19)28)14-6-3-2-4-7-14/h2-4,6-7,9-10,12,17-19H,5,8,11H2,1H3,(H,24,29)/p+1/t17-,18+,19-,23+/m0/s1. The molecule has 1 spiro atoms. The van der Waals surface area contributed by atoms with Crippen LogP contribution in [0.25, 0.3) is 0 Å². The smallest absolute Gasteiger partial charge is 0.291 e. The Kier molecular flexibility index (Phi) is 3.23. The van der Waals surface area contributed by atoms with Gasteiger partial charge in [0, 0.05) is 18.4 Å². The molecular formula is C23H22N3O3+. The summed E-state index contributed by atoms with van der Waals surface area (Å²) < 4.78 is 0. The maximum Gasteiger partial charge on any atom is 0.291 e. The van der Waals surface area contributed by atoms with Gasteiger partial charge in [-0.2, -0.15) is 0 Å². The molecule has 0 bridgehead atoms. The van der Waals surface area contributed by atoms with Crippen molar-refractivity contribution in [1.82, 2.24) is 0 Å². The van der Waals surface area contributed by atoms with Crippen LogP contribution in [0.5, 0.6) is 0 Å². The van der Waals surface area contributed by atoms with Crippen LogP contribution in [0.15, 0.2) is 48.5 Å². The number of amides is 3. The number of benzene rings is 2. The third-order valence-corrected chi connectivity index (χ3v) is 7.39. The molecule has 6 nitrogen and oxygen atoms in total. The molecule has 29 heavy (non-hydrogen) atoms. The van der Waals surface area contributed by atoms with Crippen LogP contribution in [0.2, 0.25) is 0 Å². The number of anilines is 2. The molecule has 146 valence electrons. The predicted molar refractivity (Wildman–Crippen MR) is 106 cm³/mol. The highest BCUT2D eigenvalue weighted by Gasteiger charge is 2.78. The van der Waals surface area contributed by atoms with Gasteiger partial charge < -0.3 is 10.2 Å². The van der Waals surface area contributed by atoms with Crippen molar-refractivity contribution in [2.45, 2.75) is 31.3 Å². The van der Waals surface area contributed by atoms with Crippen molar-refractivity contribution in [2.75, 3.05) is 16.8 Å². The summed E-state index contributed by atoms with van der Waals surface area (Å²) in [6, 6.07) is 15.0. The molecule has 4 aliphatic rings. The number of aryl methyl sites for hydroxylation is 1. The van der Waals surface area contributed by atoms with Gasteiger partial charge in [0.05, 0.1) is 17.9 Å². The summed E-state index contributed by atoms with van der Waals surface area (Å²) in [5, 5.41) is 3.03. The maximum atomic E-state index is 13.7. The molecule has 2 aromatic rings. The second kappa shape index (κ2) is 5.54. The van der Waals surface area contributed by atoms with E-state index in [2.05, 4.69) is 5.32 Å². The topological polar surface area (TPSA) is 70.9 Å². The van der Waals surface area contributed by atoms with Gasteiger partial charge in [0.15, 0.2) is 0 Å². The Bertz CT molecular complexity index is 1080. The van der Waals surface area contributed by atoms with Crippen molar-refractivity contribution in [2.24, 2.45) is 11.8 Å². The molecule has 1 unspecified atom stereocenters. The lowest BCUT2D eigenvalue weighted by Gasteiger charge is -2.33. The quantitative estimate of drug-likeness (QED) is 0.717. The van der Waals surface area contributed by atoms with Crippen LogP contribution in [0.4, 0.5) is 11.4 Å². The molecule has 3 amide bonds. The molecule has 4 aliphatic heterocycles. The van der Waals surface area contributed by atoms with E-state index in [1.54, 1.807) is 12.1 Å². The Morgan fingerprint density at radius 1 is 1.07 bits per heavy atom. The lowest BCUT2D eigenvalue weighted by molar-refractivity contribution is -0.948. The van der Waals surface area contributed by atoms with Crippen LogP contribution in [0.1, 0.15) is 24.0 Å². The summed E-state index contributed by atoms with van der Waals surface area (Å²) in [4.78, 5) is 43.2. The van der Waals surface area contributed by atoms with E-state index in [0.717, 1.165) is 41.1 Å². The van der Waals surface area contributed by atoms with E-state index in [-0.39, 0.29) is 23.8 Å². The van der Waals surface area contributed by atoms with Crippen molar-refractivity contribution < 1.29 is 19.3 Å². The molecule has 5 atom stereocenters. The van der Waals surface area contributed by atoms with Gasteiger partial charge >= 0.3 is 0 Å². The van der Waals surface area contributed by atoms with E-state index in [4.69, 9.17) is 0 Å². The summed E-state index contributed by atoms with van der Waals surface area (Å²) in [5.41, 5.74) is 2.29. The lowest BCUT2D eigenvalue weighted by Crippen LogP contribution is -3.19. The van der Waals surface area contributed by atoms with Gasteiger partial charge in [0.1, 0.15) is 17.9 Å². The van der Waals surface area contributed by atoms with Gasteiger partial charge in [-0.25, -0.2) is 4.90 Å².